The third kappa shape index (κ3) is 3.97. The van der Waals surface area contributed by atoms with E-state index in [1.807, 2.05) is 0 Å². The van der Waals surface area contributed by atoms with E-state index in [0.29, 0.717) is 11.6 Å². The highest BCUT2D eigenvalue weighted by Crippen LogP contribution is 2.23. The van der Waals surface area contributed by atoms with Crippen LogP contribution >= 0.6 is 11.6 Å². The maximum absolute atomic E-state index is 13.0. The van der Waals surface area contributed by atoms with Crippen molar-refractivity contribution >= 4 is 11.6 Å². The molecule has 0 spiro atoms. The Labute approximate surface area is 107 Å². The van der Waals surface area contributed by atoms with Gasteiger partial charge in [-0.2, -0.15) is 0 Å². The Morgan fingerprint density at radius 2 is 2.00 bits per heavy atom. The number of nitrogens with one attached hydrogen (secondary N) is 1. The van der Waals surface area contributed by atoms with Crippen LogP contribution in [0.4, 0.5) is 4.39 Å². The zero-order valence-electron chi connectivity index (χ0n) is 10.0. The van der Waals surface area contributed by atoms with E-state index in [-0.39, 0.29) is 5.82 Å². The van der Waals surface area contributed by atoms with Crippen molar-refractivity contribution in [2.24, 2.45) is 5.92 Å². The van der Waals surface area contributed by atoms with Gasteiger partial charge in [-0.25, -0.2) is 4.39 Å². The van der Waals surface area contributed by atoms with Crippen LogP contribution in [0.2, 0.25) is 5.02 Å². The molecule has 0 amide bonds. The van der Waals surface area contributed by atoms with Crippen molar-refractivity contribution in [1.82, 2.24) is 5.32 Å². The quantitative estimate of drug-likeness (QED) is 0.852. The molecule has 3 heteroatoms. The number of halogens is 2. The van der Waals surface area contributed by atoms with Gasteiger partial charge in [0, 0.05) is 11.6 Å². The monoisotopic (exact) mass is 255 g/mol. The SMILES string of the molecule is Fc1ccc(Cl)c(CNCC2CCCCC2)c1. The second-order valence-corrected chi connectivity index (χ2v) is 5.28. The maximum Gasteiger partial charge on any atom is 0.123 e. The first-order chi connectivity index (χ1) is 8.25. The van der Waals surface area contributed by atoms with Gasteiger partial charge >= 0.3 is 0 Å². The Morgan fingerprint density at radius 1 is 1.24 bits per heavy atom. The normalized spacial score (nSPS) is 17.3. The summed E-state index contributed by atoms with van der Waals surface area (Å²) >= 11 is 6.01. The van der Waals surface area contributed by atoms with Crippen molar-refractivity contribution in [3.63, 3.8) is 0 Å². The van der Waals surface area contributed by atoms with Crippen molar-refractivity contribution < 1.29 is 4.39 Å². The van der Waals surface area contributed by atoms with Gasteiger partial charge in [0.2, 0.25) is 0 Å². The molecule has 1 nitrogen and oxygen atoms in total. The minimum atomic E-state index is -0.219. The Bertz CT molecular complexity index is 361. The van der Waals surface area contributed by atoms with Crippen molar-refractivity contribution in [2.75, 3.05) is 6.54 Å². The van der Waals surface area contributed by atoms with Crippen molar-refractivity contribution in [3.8, 4) is 0 Å². The second-order valence-electron chi connectivity index (χ2n) is 4.87. The zero-order valence-corrected chi connectivity index (χ0v) is 10.8. The minimum Gasteiger partial charge on any atom is -0.312 e. The average Bonchev–Trinajstić information content (AvgIpc) is 2.35. The topological polar surface area (TPSA) is 12.0 Å². The highest BCUT2D eigenvalue weighted by molar-refractivity contribution is 6.31. The second kappa shape index (κ2) is 6.36. The summed E-state index contributed by atoms with van der Waals surface area (Å²) in [7, 11) is 0. The summed E-state index contributed by atoms with van der Waals surface area (Å²) in [6.45, 7) is 1.68. The van der Waals surface area contributed by atoms with Crippen LogP contribution in [-0.2, 0) is 6.54 Å². The third-order valence-electron chi connectivity index (χ3n) is 3.48. The van der Waals surface area contributed by atoms with Crippen LogP contribution in [0.1, 0.15) is 37.7 Å². The molecule has 0 atom stereocenters. The third-order valence-corrected chi connectivity index (χ3v) is 3.85. The van der Waals surface area contributed by atoms with Crippen LogP contribution < -0.4 is 5.32 Å². The van der Waals surface area contributed by atoms with E-state index in [4.69, 9.17) is 11.6 Å². The molecule has 1 aliphatic rings. The van der Waals surface area contributed by atoms with E-state index in [0.717, 1.165) is 18.0 Å². The Morgan fingerprint density at radius 3 is 2.76 bits per heavy atom. The number of benzene rings is 1. The largest absolute Gasteiger partial charge is 0.312 e. The summed E-state index contributed by atoms with van der Waals surface area (Å²) in [6, 6.07) is 4.53. The summed E-state index contributed by atoms with van der Waals surface area (Å²) in [4.78, 5) is 0. The predicted octanol–water partition coefficient (Wildman–Crippen LogP) is 4.15. The van der Waals surface area contributed by atoms with Gasteiger partial charge in [-0.3, -0.25) is 0 Å². The van der Waals surface area contributed by atoms with Crippen LogP contribution in [-0.4, -0.2) is 6.54 Å². The van der Waals surface area contributed by atoms with Gasteiger partial charge in [-0.05, 0) is 49.1 Å². The van der Waals surface area contributed by atoms with Gasteiger partial charge in [0.15, 0.2) is 0 Å². The van der Waals surface area contributed by atoms with Crippen LogP contribution in [0.15, 0.2) is 18.2 Å². The summed E-state index contributed by atoms with van der Waals surface area (Å²) in [5, 5.41) is 4.03. The molecule has 94 valence electrons. The fourth-order valence-corrected chi connectivity index (χ4v) is 2.67. The molecule has 0 saturated heterocycles. The van der Waals surface area contributed by atoms with E-state index in [9.17, 15) is 4.39 Å². The van der Waals surface area contributed by atoms with Gasteiger partial charge in [-0.1, -0.05) is 30.9 Å². The molecule has 1 fully saturated rings. The van der Waals surface area contributed by atoms with Gasteiger partial charge in [-0.15, -0.1) is 0 Å². The fourth-order valence-electron chi connectivity index (χ4n) is 2.48. The molecule has 17 heavy (non-hydrogen) atoms. The van der Waals surface area contributed by atoms with Gasteiger partial charge < -0.3 is 5.32 Å². The molecule has 0 unspecified atom stereocenters. The highest BCUT2D eigenvalue weighted by atomic mass is 35.5. The highest BCUT2D eigenvalue weighted by Gasteiger charge is 2.12. The molecular weight excluding hydrogens is 237 g/mol. The fraction of sp³-hybridized carbons (Fsp3) is 0.571. The van der Waals surface area contributed by atoms with Crippen LogP contribution in [0.3, 0.4) is 0 Å². The lowest BCUT2D eigenvalue weighted by atomic mass is 9.89. The van der Waals surface area contributed by atoms with Crippen molar-refractivity contribution in [1.29, 1.82) is 0 Å². The summed E-state index contributed by atoms with van der Waals surface area (Å²) in [5.74, 6) is 0.569. The minimum absolute atomic E-state index is 0.219. The van der Waals surface area contributed by atoms with Gasteiger partial charge in [0.25, 0.3) is 0 Å². The summed E-state index contributed by atoms with van der Waals surface area (Å²) in [5.41, 5.74) is 0.850. The molecule has 1 aliphatic carbocycles. The first-order valence-electron chi connectivity index (χ1n) is 6.40. The van der Waals surface area contributed by atoms with E-state index in [1.165, 1.54) is 44.2 Å². The van der Waals surface area contributed by atoms with Crippen LogP contribution in [0, 0.1) is 11.7 Å². The lowest BCUT2D eigenvalue weighted by Gasteiger charge is -2.21. The van der Waals surface area contributed by atoms with Crippen molar-refractivity contribution in [2.45, 2.75) is 38.6 Å². The van der Waals surface area contributed by atoms with E-state index in [1.54, 1.807) is 6.07 Å². The van der Waals surface area contributed by atoms with E-state index in [2.05, 4.69) is 5.32 Å². The van der Waals surface area contributed by atoms with Gasteiger partial charge in [0.1, 0.15) is 5.82 Å². The molecule has 2 rings (SSSR count). The molecule has 0 bridgehead atoms. The zero-order chi connectivity index (χ0) is 12.1. The maximum atomic E-state index is 13.0. The lowest BCUT2D eigenvalue weighted by Crippen LogP contribution is -2.24. The Kier molecular flexibility index (Phi) is 4.81. The number of hydrogen-bond acceptors (Lipinski definition) is 1. The molecule has 0 aromatic heterocycles. The average molecular weight is 256 g/mol. The summed E-state index contributed by atoms with van der Waals surface area (Å²) < 4.78 is 13.0. The predicted molar refractivity (Wildman–Crippen MR) is 69.7 cm³/mol. The molecule has 1 N–H and O–H groups in total. The first kappa shape index (κ1) is 12.8. The number of hydrogen-bond donors (Lipinski definition) is 1. The first-order valence-corrected chi connectivity index (χ1v) is 6.78. The van der Waals surface area contributed by atoms with Gasteiger partial charge in [0.05, 0.1) is 0 Å². The molecular formula is C14H19ClFN. The molecule has 1 aromatic carbocycles. The smallest absolute Gasteiger partial charge is 0.123 e. The van der Waals surface area contributed by atoms with E-state index < -0.39 is 0 Å². The van der Waals surface area contributed by atoms with E-state index >= 15 is 0 Å². The standard InChI is InChI=1S/C14H19ClFN/c15-14-7-6-13(16)8-12(14)10-17-9-11-4-2-1-3-5-11/h6-8,11,17H,1-5,9-10H2. The molecule has 1 aromatic rings. The molecule has 0 heterocycles. The van der Waals surface area contributed by atoms with Crippen LogP contribution in [0.25, 0.3) is 0 Å². The molecule has 0 radical (unpaired) electrons. The van der Waals surface area contributed by atoms with Crippen molar-refractivity contribution in [3.05, 3.63) is 34.6 Å². The summed E-state index contributed by atoms with van der Waals surface area (Å²) in [6.07, 6.45) is 6.74. The lowest BCUT2D eigenvalue weighted by molar-refractivity contribution is 0.342. The Hall–Kier alpha value is -0.600. The molecule has 1 saturated carbocycles. The van der Waals surface area contributed by atoms with Crippen LogP contribution in [0.5, 0.6) is 0 Å². The Balaban J connectivity index is 1.79. The molecule has 0 aliphatic heterocycles. The number of rotatable bonds is 4.